The lowest BCUT2D eigenvalue weighted by Gasteiger charge is -2.03. The average Bonchev–Trinajstić information content (AvgIpc) is 1.97. The third-order valence-electron chi connectivity index (χ3n) is 1.12. The number of halogens is 1. The van der Waals surface area contributed by atoms with E-state index in [2.05, 4.69) is 10.6 Å². The minimum absolute atomic E-state index is 0. The van der Waals surface area contributed by atoms with Gasteiger partial charge in [-0.05, 0) is 0 Å². The quantitative estimate of drug-likeness (QED) is 0.338. The number of hydrogen-bond donors (Lipinski definition) is 4. The summed E-state index contributed by atoms with van der Waals surface area (Å²) in [5, 5.41) is 6.33. The van der Waals surface area contributed by atoms with Gasteiger partial charge in [0.05, 0.1) is 0 Å². The topological polar surface area (TPSA) is 76.1 Å². The number of hydrogen-bond acceptors (Lipinski definition) is 4. The molecule has 0 aliphatic rings. The van der Waals surface area contributed by atoms with E-state index in [0.717, 1.165) is 26.2 Å². The van der Waals surface area contributed by atoms with E-state index in [1.54, 1.807) is 0 Å². The number of nitrogens with two attached hydrogens (primary N) is 2. The summed E-state index contributed by atoms with van der Waals surface area (Å²) in [4.78, 5) is 0. The Morgan fingerprint density at radius 3 is 1.36 bits per heavy atom. The molecule has 0 amide bonds. The third kappa shape index (κ3) is 12.9. The van der Waals surface area contributed by atoms with Crippen LogP contribution in [-0.4, -0.2) is 39.3 Å². The fourth-order valence-corrected chi connectivity index (χ4v) is 0.631. The fourth-order valence-electron chi connectivity index (χ4n) is 0.631. The minimum atomic E-state index is 0. The van der Waals surface area contributed by atoms with E-state index in [9.17, 15) is 0 Å². The van der Waals surface area contributed by atoms with Gasteiger partial charge < -0.3 is 22.1 Å². The Balaban J connectivity index is 0. The molecule has 0 bridgehead atoms. The van der Waals surface area contributed by atoms with Crippen molar-refractivity contribution in [3.05, 3.63) is 0 Å². The molecule has 5 heteroatoms. The molecule has 0 spiro atoms. The molecule has 0 aliphatic carbocycles. The molecule has 4 nitrogen and oxygen atoms in total. The van der Waals surface area contributed by atoms with Crippen LogP contribution < -0.4 is 22.1 Å². The van der Waals surface area contributed by atoms with Gasteiger partial charge in [0.25, 0.3) is 0 Å². The van der Waals surface area contributed by atoms with Gasteiger partial charge in [-0.3, -0.25) is 4.70 Å². The standard InChI is InChI=1S/C6H18N4.FH/c7-1-3-9-5-6-10-4-2-8;/h9-10H,1-8H2;1H. The second kappa shape index (κ2) is 12.4. The van der Waals surface area contributed by atoms with Gasteiger partial charge in [-0.15, -0.1) is 0 Å². The van der Waals surface area contributed by atoms with Crippen LogP contribution >= 0.6 is 0 Å². The molecule has 0 radical (unpaired) electrons. The Bertz CT molecular complexity index is 54.5. The van der Waals surface area contributed by atoms with E-state index in [1.807, 2.05) is 0 Å². The highest BCUT2D eigenvalue weighted by atomic mass is 19.0. The van der Waals surface area contributed by atoms with Gasteiger partial charge in [0.2, 0.25) is 0 Å². The molecule has 11 heavy (non-hydrogen) atoms. The van der Waals surface area contributed by atoms with Crippen molar-refractivity contribution in [1.29, 1.82) is 0 Å². The predicted octanol–water partition coefficient (Wildman–Crippen LogP) is -1.76. The van der Waals surface area contributed by atoms with Crippen molar-refractivity contribution < 1.29 is 4.70 Å². The van der Waals surface area contributed by atoms with E-state index in [0.29, 0.717) is 13.1 Å². The normalized spacial score (nSPS) is 9.27. The maximum absolute atomic E-state index is 5.27. The monoisotopic (exact) mass is 166 g/mol. The second-order valence-electron chi connectivity index (χ2n) is 2.08. The molecule has 0 aromatic rings. The second-order valence-corrected chi connectivity index (χ2v) is 2.08. The largest absolute Gasteiger partial charge is 0.329 e. The number of nitrogens with one attached hydrogen (secondary N) is 2. The third-order valence-corrected chi connectivity index (χ3v) is 1.12. The highest BCUT2D eigenvalue weighted by Crippen LogP contribution is 1.57. The van der Waals surface area contributed by atoms with Crippen molar-refractivity contribution in [1.82, 2.24) is 10.6 Å². The van der Waals surface area contributed by atoms with E-state index in [4.69, 9.17) is 11.5 Å². The molecule has 70 valence electrons. The molecule has 0 atom stereocenters. The van der Waals surface area contributed by atoms with Crippen LogP contribution in [0.1, 0.15) is 0 Å². The zero-order valence-corrected chi connectivity index (χ0v) is 6.81. The minimum Gasteiger partial charge on any atom is -0.329 e. The molecule has 0 aromatic heterocycles. The van der Waals surface area contributed by atoms with Crippen molar-refractivity contribution in [3.8, 4) is 0 Å². The van der Waals surface area contributed by atoms with Crippen LogP contribution in [0.15, 0.2) is 0 Å². The molecule has 0 fully saturated rings. The number of rotatable bonds is 7. The van der Waals surface area contributed by atoms with Crippen LogP contribution in [-0.2, 0) is 0 Å². The Kier molecular flexibility index (Phi) is 15.1. The SMILES string of the molecule is F.NCCNCCNCCN. The van der Waals surface area contributed by atoms with Gasteiger partial charge in [0.1, 0.15) is 0 Å². The van der Waals surface area contributed by atoms with Crippen LogP contribution in [0.4, 0.5) is 4.70 Å². The Hall–Kier alpha value is -0.230. The molecule has 0 aliphatic heterocycles. The summed E-state index contributed by atoms with van der Waals surface area (Å²) in [6.07, 6.45) is 0. The van der Waals surface area contributed by atoms with Gasteiger partial charge in [-0.2, -0.15) is 0 Å². The van der Waals surface area contributed by atoms with Crippen molar-refractivity contribution in [2.75, 3.05) is 39.3 Å². The van der Waals surface area contributed by atoms with Gasteiger partial charge in [0.15, 0.2) is 0 Å². The highest BCUT2D eigenvalue weighted by molar-refractivity contribution is 4.51. The van der Waals surface area contributed by atoms with Gasteiger partial charge in [0, 0.05) is 39.3 Å². The van der Waals surface area contributed by atoms with Gasteiger partial charge in [-0.1, -0.05) is 0 Å². The molecule has 0 heterocycles. The molecule has 0 saturated carbocycles. The summed E-state index contributed by atoms with van der Waals surface area (Å²) in [7, 11) is 0. The maximum Gasteiger partial charge on any atom is 0.00772 e. The lowest BCUT2D eigenvalue weighted by Crippen LogP contribution is -2.32. The van der Waals surface area contributed by atoms with E-state index < -0.39 is 0 Å². The summed E-state index contributed by atoms with van der Waals surface area (Å²) < 4.78 is 0. The molecule has 0 rings (SSSR count). The predicted molar refractivity (Wildman–Crippen MR) is 46.4 cm³/mol. The van der Waals surface area contributed by atoms with E-state index in [-0.39, 0.29) is 4.70 Å². The Labute approximate surface area is 67.1 Å². The molecule has 0 aromatic carbocycles. The molecule has 6 N–H and O–H groups in total. The Morgan fingerprint density at radius 2 is 1.09 bits per heavy atom. The van der Waals surface area contributed by atoms with Crippen molar-refractivity contribution in [2.24, 2.45) is 11.5 Å². The maximum atomic E-state index is 5.27. The highest BCUT2D eigenvalue weighted by Gasteiger charge is 1.83. The zero-order valence-electron chi connectivity index (χ0n) is 6.81. The van der Waals surface area contributed by atoms with Crippen molar-refractivity contribution >= 4 is 0 Å². The molecule has 0 saturated heterocycles. The molecule has 0 unspecified atom stereocenters. The van der Waals surface area contributed by atoms with E-state index in [1.165, 1.54) is 0 Å². The van der Waals surface area contributed by atoms with Crippen molar-refractivity contribution in [2.45, 2.75) is 0 Å². The van der Waals surface area contributed by atoms with Crippen molar-refractivity contribution in [3.63, 3.8) is 0 Å². The Morgan fingerprint density at radius 1 is 0.727 bits per heavy atom. The first-order valence-electron chi connectivity index (χ1n) is 3.73. The lowest BCUT2D eigenvalue weighted by molar-refractivity contribution is 0.618. The molecular weight excluding hydrogens is 147 g/mol. The summed E-state index contributed by atoms with van der Waals surface area (Å²) >= 11 is 0. The van der Waals surface area contributed by atoms with E-state index >= 15 is 0 Å². The summed E-state index contributed by atoms with van der Waals surface area (Å²) in [5.74, 6) is 0. The van der Waals surface area contributed by atoms with Crippen LogP contribution in [0, 0.1) is 0 Å². The van der Waals surface area contributed by atoms with Crippen LogP contribution in [0.3, 0.4) is 0 Å². The van der Waals surface area contributed by atoms with Crippen LogP contribution in [0.2, 0.25) is 0 Å². The average molecular weight is 166 g/mol. The fraction of sp³-hybridized carbons (Fsp3) is 1.00. The van der Waals surface area contributed by atoms with Crippen LogP contribution in [0.25, 0.3) is 0 Å². The lowest BCUT2D eigenvalue weighted by atomic mass is 10.5. The van der Waals surface area contributed by atoms with Gasteiger partial charge in [-0.25, -0.2) is 0 Å². The first kappa shape index (κ1) is 13.4. The molecular formula is C6H19FN4. The summed E-state index contributed by atoms with van der Waals surface area (Å²) in [6.45, 7) is 5.14. The summed E-state index contributed by atoms with van der Waals surface area (Å²) in [6, 6.07) is 0. The first-order valence-corrected chi connectivity index (χ1v) is 3.73. The van der Waals surface area contributed by atoms with Gasteiger partial charge >= 0.3 is 0 Å². The summed E-state index contributed by atoms with van der Waals surface area (Å²) in [5.41, 5.74) is 10.5. The van der Waals surface area contributed by atoms with Crippen LogP contribution in [0.5, 0.6) is 0 Å². The zero-order chi connectivity index (χ0) is 7.66. The first-order chi connectivity index (χ1) is 4.91. The smallest absolute Gasteiger partial charge is 0.00772 e.